The molecule has 3 heteroatoms. The van der Waals surface area contributed by atoms with Crippen molar-refractivity contribution in [3.8, 4) is 0 Å². The second kappa shape index (κ2) is 6.20. The summed E-state index contributed by atoms with van der Waals surface area (Å²) in [4.78, 5) is 14.3. The molecule has 1 N–H and O–H groups in total. The Kier molecular flexibility index (Phi) is 4.60. The topological polar surface area (TPSA) is 40.5 Å². The van der Waals surface area contributed by atoms with Gasteiger partial charge in [-0.1, -0.05) is 12.2 Å². The van der Waals surface area contributed by atoms with Crippen LogP contribution in [-0.2, 0) is 4.79 Å². The SMILES string of the molecule is O=C([C@H]1CC=CCC1)N1CCC(CCO)CC1. The Morgan fingerprint density at radius 3 is 2.59 bits per heavy atom. The van der Waals surface area contributed by atoms with E-state index in [0.29, 0.717) is 11.8 Å². The molecule has 0 aromatic carbocycles. The van der Waals surface area contributed by atoms with Crippen molar-refractivity contribution >= 4 is 5.91 Å². The molecule has 0 bridgehead atoms. The van der Waals surface area contributed by atoms with Crippen molar-refractivity contribution in [1.29, 1.82) is 0 Å². The monoisotopic (exact) mass is 237 g/mol. The number of hydrogen-bond donors (Lipinski definition) is 1. The Balaban J connectivity index is 1.79. The van der Waals surface area contributed by atoms with Crippen molar-refractivity contribution in [3.05, 3.63) is 12.2 Å². The van der Waals surface area contributed by atoms with Gasteiger partial charge < -0.3 is 10.0 Å². The molecular formula is C14H23NO2. The van der Waals surface area contributed by atoms with Crippen LogP contribution in [0, 0.1) is 11.8 Å². The minimum atomic E-state index is 0.231. The smallest absolute Gasteiger partial charge is 0.226 e. The third-order valence-electron chi connectivity index (χ3n) is 4.08. The lowest BCUT2D eigenvalue weighted by Gasteiger charge is -2.34. The number of hydrogen-bond acceptors (Lipinski definition) is 2. The molecule has 0 radical (unpaired) electrons. The Bertz CT molecular complexity index is 280. The summed E-state index contributed by atoms with van der Waals surface area (Å²) in [6.45, 7) is 2.07. The molecule has 0 aromatic rings. The minimum Gasteiger partial charge on any atom is -0.396 e. The van der Waals surface area contributed by atoms with E-state index in [-0.39, 0.29) is 12.5 Å². The summed E-state index contributed by atoms with van der Waals surface area (Å²) in [6, 6.07) is 0. The van der Waals surface area contributed by atoms with Gasteiger partial charge in [0.2, 0.25) is 5.91 Å². The number of amides is 1. The number of piperidine rings is 1. The van der Waals surface area contributed by atoms with E-state index >= 15 is 0 Å². The lowest BCUT2D eigenvalue weighted by atomic mass is 9.90. The van der Waals surface area contributed by atoms with Crippen LogP contribution < -0.4 is 0 Å². The predicted octanol–water partition coefficient (Wildman–Crippen LogP) is 1.96. The van der Waals surface area contributed by atoms with Gasteiger partial charge in [0, 0.05) is 25.6 Å². The lowest BCUT2D eigenvalue weighted by Crippen LogP contribution is -2.42. The first-order valence-corrected chi connectivity index (χ1v) is 6.86. The van der Waals surface area contributed by atoms with Gasteiger partial charge in [0.15, 0.2) is 0 Å². The number of aliphatic hydroxyl groups excluding tert-OH is 1. The van der Waals surface area contributed by atoms with E-state index in [2.05, 4.69) is 12.2 Å². The molecule has 2 rings (SSSR count). The van der Waals surface area contributed by atoms with E-state index in [4.69, 9.17) is 5.11 Å². The molecule has 1 fully saturated rings. The fourth-order valence-corrected chi connectivity index (χ4v) is 2.90. The first-order valence-electron chi connectivity index (χ1n) is 6.86. The van der Waals surface area contributed by atoms with E-state index in [1.54, 1.807) is 0 Å². The molecule has 1 saturated heterocycles. The highest BCUT2D eigenvalue weighted by atomic mass is 16.3. The fraction of sp³-hybridized carbons (Fsp3) is 0.786. The van der Waals surface area contributed by atoms with Gasteiger partial charge in [-0.3, -0.25) is 4.79 Å². The lowest BCUT2D eigenvalue weighted by molar-refractivity contribution is -0.137. The first kappa shape index (κ1) is 12.6. The molecule has 1 aliphatic heterocycles. The van der Waals surface area contributed by atoms with E-state index in [0.717, 1.165) is 51.6 Å². The Hall–Kier alpha value is -0.830. The zero-order chi connectivity index (χ0) is 12.1. The van der Waals surface area contributed by atoms with Crippen molar-refractivity contribution < 1.29 is 9.90 Å². The van der Waals surface area contributed by atoms with Crippen LogP contribution in [0.15, 0.2) is 12.2 Å². The van der Waals surface area contributed by atoms with Crippen LogP contribution >= 0.6 is 0 Å². The van der Waals surface area contributed by atoms with Gasteiger partial charge in [-0.2, -0.15) is 0 Å². The van der Waals surface area contributed by atoms with Gasteiger partial charge in [-0.15, -0.1) is 0 Å². The van der Waals surface area contributed by atoms with Crippen LogP contribution in [0.4, 0.5) is 0 Å². The summed E-state index contributed by atoms with van der Waals surface area (Å²) in [5.41, 5.74) is 0. The van der Waals surface area contributed by atoms with Gasteiger partial charge in [-0.05, 0) is 44.4 Å². The predicted molar refractivity (Wildman–Crippen MR) is 67.5 cm³/mol. The van der Waals surface area contributed by atoms with E-state index in [1.807, 2.05) is 4.90 Å². The van der Waals surface area contributed by atoms with Crippen LogP contribution in [0.25, 0.3) is 0 Å². The maximum absolute atomic E-state index is 12.3. The number of carbonyl (C=O) groups is 1. The maximum atomic E-state index is 12.3. The molecular weight excluding hydrogens is 214 g/mol. The number of allylic oxidation sites excluding steroid dienone is 2. The van der Waals surface area contributed by atoms with Gasteiger partial charge >= 0.3 is 0 Å². The van der Waals surface area contributed by atoms with E-state index < -0.39 is 0 Å². The Morgan fingerprint density at radius 1 is 1.24 bits per heavy atom. The molecule has 1 atom stereocenters. The number of nitrogens with zero attached hydrogens (tertiary/aromatic N) is 1. The fourth-order valence-electron chi connectivity index (χ4n) is 2.90. The molecule has 0 unspecified atom stereocenters. The van der Waals surface area contributed by atoms with Crippen molar-refractivity contribution in [2.45, 2.75) is 38.5 Å². The molecule has 1 amide bonds. The van der Waals surface area contributed by atoms with E-state index in [9.17, 15) is 4.79 Å². The normalized spacial score (nSPS) is 26.2. The zero-order valence-corrected chi connectivity index (χ0v) is 10.5. The second-order valence-corrected chi connectivity index (χ2v) is 5.26. The van der Waals surface area contributed by atoms with Crippen molar-refractivity contribution in [2.24, 2.45) is 11.8 Å². The van der Waals surface area contributed by atoms with Crippen molar-refractivity contribution in [2.75, 3.05) is 19.7 Å². The molecule has 0 aromatic heterocycles. The number of rotatable bonds is 3. The number of aliphatic hydroxyl groups is 1. The summed E-state index contributed by atoms with van der Waals surface area (Å²) >= 11 is 0. The van der Waals surface area contributed by atoms with E-state index in [1.165, 1.54) is 0 Å². The molecule has 17 heavy (non-hydrogen) atoms. The standard InChI is InChI=1S/C14H23NO2/c16-11-8-12-6-9-15(10-7-12)14(17)13-4-2-1-3-5-13/h1-2,12-13,16H,3-11H2/t13-/m0/s1. The number of carbonyl (C=O) groups excluding carboxylic acids is 1. The summed E-state index contributed by atoms with van der Waals surface area (Å²) in [7, 11) is 0. The van der Waals surface area contributed by atoms with Crippen LogP contribution in [0.2, 0.25) is 0 Å². The van der Waals surface area contributed by atoms with Gasteiger partial charge in [0.1, 0.15) is 0 Å². The van der Waals surface area contributed by atoms with Gasteiger partial charge in [0.25, 0.3) is 0 Å². The highest BCUT2D eigenvalue weighted by Crippen LogP contribution is 2.25. The average molecular weight is 237 g/mol. The highest BCUT2D eigenvalue weighted by molar-refractivity contribution is 5.79. The largest absolute Gasteiger partial charge is 0.396 e. The van der Waals surface area contributed by atoms with Crippen LogP contribution in [0.5, 0.6) is 0 Å². The zero-order valence-electron chi connectivity index (χ0n) is 10.5. The van der Waals surface area contributed by atoms with Crippen LogP contribution in [0.1, 0.15) is 38.5 Å². The molecule has 1 aliphatic carbocycles. The highest BCUT2D eigenvalue weighted by Gasteiger charge is 2.27. The summed E-state index contributed by atoms with van der Waals surface area (Å²) < 4.78 is 0. The summed E-state index contributed by atoms with van der Waals surface area (Å²) in [5.74, 6) is 1.21. The van der Waals surface area contributed by atoms with Gasteiger partial charge in [0.05, 0.1) is 0 Å². The van der Waals surface area contributed by atoms with Gasteiger partial charge in [-0.25, -0.2) is 0 Å². The van der Waals surface area contributed by atoms with Crippen LogP contribution in [-0.4, -0.2) is 35.6 Å². The number of likely N-dealkylation sites (tertiary alicyclic amines) is 1. The third-order valence-corrected chi connectivity index (χ3v) is 4.08. The van der Waals surface area contributed by atoms with Crippen LogP contribution in [0.3, 0.4) is 0 Å². The maximum Gasteiger partial charge on any atom is 0.226 e. The average Bonchev–Trinajstić information content (AvgIpc) is 2.40. The summed E-state index contributed by atoms with van der Waals surface area (Å²) in [5, 5.41) is 8.91. The molecule has 0 spiro atoms. The van der Waals surface area contributed by atoms with Crippen molar-refractivity contribution in [1.82, 2.24) is 4.90 Å². The second-order valence-electron chi connectivity index (χ2n) is 5.26. The minimum absolute atomic E-state index is 0.231. The Morgan fingerprint density at radius 2 is 2.00 bits per heavy atom. The molecule has 3 nitrogen and oxygen atoms in total. The molecule has 96 valence electrons. The molecule has 2 aliphatic rings. The Labute approximate surface area is 103 Å². The summed E-state index contributed by atoms with van der Waals surface area (Å²) in [6.07, 6.45) is 10.3. The molecule has 0 saturated carbocycles. The first-order chi connectivity index (χ1) is 8.31. The quantitative estimate of drug-likeness (QED) is 0.762. The third kappa shape index (κ3) is 3.32. The van der Waals surface area contributed by atoms with Crippen molar-refractivity contribution in [3.63, 3.8) is 0 Å². The molecule has 1 heterocycles.